The van der Waals surface area contributed by atoms with E-state index in [-0.39, 0.29) is 11.4 Å². The average Bonchev–Trinajstić information content (AvgIpc) is 3.26. The van der Waals surface area contributed by atoms with Gasteiger partial charge in [-0.1, -0.05) is 37.3 Å². The van der Waals surface area contributed by atoms with Crippen molar-refractivity contribution in [2.24, 2.45) is 5.10 Å². The number of amides is 1. The molecule has 27 heavy (non-hydrogen) atoms. The van der Waals surface area contributed by atoms with Crippen LogP contribution in [-0.4, -0.2) is 26.6 Å². The second-order valence-corrected chi connectivity index (χ2v) is 8.85. The molecule has 0 spiro atoms. The second kappa shape index (κ2) is 6.79. The lowest BCUT2D eigenvalue weighted by Gasteiger charge is -2.17. The van der Waals surface area contributed by atoms with Gasteiger partial charge in [-0.15, -0.1) is 11.3 Å². The fourth-order valence-electron chi connectivity index (χ4n) is 3.18. The summed E-state index contributed by atoms with van der Waals surface area (Å²) < 4.78 is 26.9. The summed E-state index contributed by atoms with van der Waals surface area (Å²) in [7, 11) is -3.75. The molecule has 0 aliphatic carbocycles. The van der Waals surface area contributed by atoms with E-state index in [9.17, 15) is 13.2 Å². The van der Waals surface area contributed by atoms with Crippen LogP contribution in [-0.2, 0) is 14.8 Å². The van der Waals surface area contributed by atoms with Crippen molar-refractivity contribution in [2.45, 2.75) is 18.2 Å². The molecule has 6 nitrogen and oxygen atoms in total. The summed E-state index contributed by atoms with van der Waals surface area (Å²) in [6.45, 7) is 1.63. The molecule has 0 saturated carbocycles. The molecule has 8 heteroatoms. The summed E-state index contributed by atoms with van der Waals surface area (Å²) in [5.74, 6) is -0.481. The molecule has 1 aliphatic rings. The summed E-state index contributed by atoms with van der Waals surface area (Å²) >= 11 is 1.54. The van der Waals surface area contributed by atoms with E-state index < -0.39 is 15.9 Å². The maximum absolute atomic E-state index is 12.9. The first-order valence-corrected chi connectivity index (χ1v) is 10.8. The van der Waals surface area contributed by atoms with Gasteiger partial charge in [-0.3, -0.25) is 9.10 Å². The van der Waals surface area contributed by atoms with Crippen LogP contribution in [0.25, 0.3) is 10.8 Å². The number of carbonyl (C=O) groups excluding carboxylic acids is 1. The fraction of sp³-hybridized carbons (Fsp3) is 0.158. The molecule has 2 heterocycles. The lowest BCUT2D eigenvalue weighted by Crippen LogP contribution is -2.37. The Balaban J connectivity index is 1.60. The van der Waals surface area contributed by atoms with Crippen molar-refractivity contribution in [3.05, 3.63) is 58.8 Å². The predicted octanol–water partition coefficient (Wildman–Crippen LogP) is 3.34. The van der Waals surface area contributed by atoms with Gasteiger partial charge in [-0.2, -0.15) is 5.10 Å². The molecule has 1 aliphatic heterocycles. The Morgan fingerprint density at radius 1 is 1.15 bits per heavy atom. The van der Waals surface area contributed by atoms with Crippen LogP contribution >= 0.6 is 11.3 Å². The Bertz CT molecular complexity index is 1150. The molecule has 0 bridgehead atoms. The monoisotopic (exact) mass is 399 g/mol. The standard InChI is InChI=1S/C19H17N3O3S2/c1-2-14(16-9-5-11-26-16)20-21-18(23)12-22-15-8-3-6-13-7-4-10-17(19(13)15)27(22,24)25/h3-11H,2,12H2,1H3,(H,21,23)/b20-14-. The van der Waals surface area contributed by atoms with Crippen LogP contribution < -0.4 is 9.73 Å². The van der Waals surface area contributed by atoms with E-state index in [1.165, 1.54) is 11.3 Å². The van der Waals surface area contributed by atoms with Crippen LogP contribution in [0.5, 0.6) is 0 Å². The first-order chi connectivity index (χ1) is 13.0. The number of carbonyl (C=O) groups is 1. The molecule has 1 N–H and O–H groups in total. The van der Waals surface area contributed by atoms with Gasteiger partial charge in [0.15, 0.2) is 0 Å². The van der Waals surface area contributed by atoms with Gasteiger partial charge in [-0.05, 0) is 35.4 Å². The van der Waals surface area contributed by atoms with E-state index in [0.29, 0.717) is 17.5 Å². The summed E-state index contributed by atoms with van der Waals surface area (Å²) in [5.41, 5.74) is 3.78. The van der Waals surface area contributed by atoms with Crippen LogP contribution in [0.3, 0.4) is 0 Å². The smallest absolute Gasteiger partial charge is 0.265 e. The SMILES string of the molecule is CC/C(=N/NC(=O)CN1c2cccc3cccc(c23)S1(=O)=O)c1cccs1. The van der Waals surface area contributed by atoms with Crippen LogP contribution in [0.4, 0.5) is 5.69 Å². The highest BCUT2D eigenvalue weighted by Crippen LogP contribution is 2.41. The van der Waals surface area contributed by atoms with Gasteiger partial charge >= 0.3 is 0 Å². The number of anilines is 1. The third-order valence-electron chi connectivity index (χ3n) is 4.42. The van der Waals surface area contributed by atoms with Gasteiger partial charge in [-0.25, -0.2) is 13.8 Å². The number of rotatable bonds is 5. The number of hydrogen-bond acceptors (Lipinski definition) is 5. The zero-order chi connectivity index (χ0) is 19.0. The largest absolute Gasteiger partial charge is 0.271 e. The van der Waals surface area contributed by atoms with Crippen molar-refractivity contribution >= 4 is 49.4 Å². The lowest BCUT2D eigenvalue weighted by atomic mass is 10.1. The number of nitrogens with zero attached hydrogens (tertiary/aromatic N) is 2. The Hall–Kier alpha value is -2.71. The van der Waals surface area contributed by atoms with E-state index in [1.54, 1.807) is 24.3 Å². The van der Waals surface area contributed by atoms with Crippen molar-refractivity contribution in [3.8, 4) is 0 Å². The van der Waals surface area contributed by atoms with Gasteiger partial charge < -0.3 is 0 Å². The summed E-state index contributed by atoms with van der Waals surface area (Å²) in [6.07, 6.45) is 0.660. The van der Waals surface area contributed by atoms with Crippen molar-refractivity contribution < 1.29 is 13.2 Å². The molecular formula is C19H17N3O3S2. The molecule has 1 amide bonds. The molecule has 0 atom stereocenters. The van der Waals surface area contributed by atoms with Crippen molar-refractivity contribution in [1.82, 2.24) is 5.43 Å². The fourth-order valence-corrected chi connectivity index (χ4v) is 5.63. The lowest BCUT2D eigenvalue weighted by molar-refractivity contribution is -0.119. The van der Waals surface area contributed by atoms with E-state index >= 15 is 0 Å². The van der Waals surface area contributed by atoms with E-state index in [2.05, 4.69) is 10.5 Å². The maximum atomic E-state index is 12.9. The Morgan fingerprint density at radius 3 is 2.63 bits per heavy atom. The minimum atomic E-state index is -3.75. The minimum Gasteiger partial charge on any atom is -0.271 e. The Kier molecular flexibility index (Phi) is 4.45. The molecule has 0 radical (unpaired) electrons. The second-order valence-electron chi connectivity index (χ2n) is 6.07. The van der Waals surface area contributed by atoms with E-state index in [4.69, 9.17) is 0 Å². The van der Waals surface area contributed by atoms with Crippen molar-refractivity contribution in [2.75, 3.05) is 10.8 Å². The van der Waals surface area contributed by atoms with Crippen LogP contribution in [0, 0.1) is 0 Å². The quantitative estimate of drug-likeness (QED) is 0.528. The highest BCUT2D eigenvalue weighted by Gasteiger charge is 2.36. The predicted molar refractivity (Wildman–Crippen MR) is 108 cm³/mol. The van der Waals surface area contributed by atoms with Crippen molar-refractivity contribution in [1.29, 1.82) is 0 Å². The molecular weight excluding hydrogens is 382 g/mol. The normalized spacial score (nSPS) is 15.3. The first kappa shape index (κ1) is 17.7. The maximum Gasteiger partial charge on any atom is 0.265 e. The van der Waals surface area contributed by atoms with Crippen LogP contribution in [0.2, 0.25) is 0 Å². The Labute approximate surface area is 161 Å². The van der Waals surface area contributed by atoms with Crippen LogP contribution in [0.15, 0.2) is 63.9 Å². The summed E-state index contributed by atoms with van der Waals surface area (Å²) in [5, 5.41) is 7.61. The molecule has 1 aromatic heterocycles. The zero-order valence-corrected chi connectivity index (χ0v) is 16.2. The third-order valence-corrected chi connectivity index (χ3v) is 7.15. The number of thiophene rings is 1. The topological polar surface area (TPSA) is 78.8 Å². The van der Waals surface area contributed by atoms with Crippen LogP contribution in [0.1, 0.15) is 18.2 Å². The molecule has 138 valence electrons. The van der Waals surface area contributed by atoms with Crippen molar-refractivity contribution in [3.63, 3.8) is 0 Å². The number of nitrogens with one attached hydrogen (secondary N) is 1. The third kappa shape index (κ3) is 3.00. The number of hydrazone groups is 1. The molecule has 4 rings (SSSR count). The van der Waals surface area contributed by atoms with E-state index in [1.807, 2.05) is 36.6 Å². The summed E-state index contributed by atoms with van der Waals surface area (Å²) in [4.78, 5) is 13.6. The molecule has 3 aromatic rings. The molecule has 0 saturated heterocycles. The van der Waals surface area contributed by atoms with Gasteiger partial charge in [0, 0.05) is 5.39 Å². The van der Waals surface area contributed by atoms with Gasteiger partial charge in [0.05, 0.1) is 21.2 Å². The number of benzene rings is 2. The number of hydrogen-bond donors (Lipinski definition) is 1. The molecule has 2 aromatic carbocycles. The zero-order valence-electron chi connectivity index (χ0n) is 14.5. The Morgan fingerprint density at radius 2 is 1.93 bits per heavy atom. The highest BCUT2D eigenvalue weighted by atomic mass is 32.2. The van der Waals surface area contributed by atoms with Gasteiger partial charge in [0.2, 0.25) is 0 Å². The molecule has 0 unspecified atom stereocenters. The average molecular weight is 399 g/mol. The molecule has 0 fully saturated rings. The highest BCUT2D eigenvalue weighted by molar-refractivity contribution is 7.93. The van der Waals surface area contributed by atoms with Gasteiger partial charge in [0.25, 0.3) is 15.9 Å². The minimum absolute atomic E-state index is 0.236. The number of sulfonamides is 1. The van der Waals surface area contributed by atoms with Gasteiger partial charge in [0.1, 0.15) is 6.54 Å². The van der Waals surface area contributed by atoms with E-state index in [0.717, 1.165) is 20.3 Å². The first-order valence-electron chi connectivity index (χ1n) is 8.46. The summed E-state index contributed by atoms with van der Waals surface area (Å²) in [6, 6.07) is 14.4.